The highest BCUT2D eigenvalue weighted by atomic mass is 16.1. The molecule has 0 aliphatic heterocycles. The molecule has 1 aliphatic rings. The molecule has 1 aromatic carbocycles. The van der Waals surface area contributed by atoms with Crippen LogP contribution in [-0.4, -0.2) is 18.5 Å². The Morgan fingerprint density at radius 2 is 1.95 bits per heavy atom. The van der Waals surface area contributed by atoms with Gasteiger partial charge in [0.1, 0.15) is 0 Å². The highest BCUT2D eigenvalue weighted by molar-refractivity contribution is 5.94. The van der Waals surface area contributed by atoms with Crippen LogP contribution in [-0.2, 0) is 6.42 Å². The number of carbonyl (C=O) groups excluding carboxylic acids is 1. The van der Waals surface area contributed by atoms with E-state index in [9.17, 15) is 4.79 Å². The van der Waals surface area contributed by atoms with E-state index in [0.717, 1.165) is 30.4 Å². The number of amides is 1. The monoisotopic (exact) mass is 260 g/mol. The first-order chi connectivity index (χ1) is 9.29. The first kappa shape index (κ1) is 14.1. The number of hydrogen-bond acceptors (Lipinski definition) is 2. The zero-order valence-electron chi connectivity index (χ0n) is 11.5. The lowest BCUT2D eigenvalue weighted by Gasteiger charge is -2.16. The van der Waals surface area contributed by atoms with Gasteiger partial charge in [0.05, 0.1) is 0 Å². The molecule has 3 nitrogen and oxygen atoms in total. The fraction of sp³-hybridized carbons (Fsp3) is 0.562. The standard InChI is InChI=1S/C16H24N2O/c17-11-10-13-6-5-7-14(12-13)16(19)18-15-8-3-1-2-4-9-15/h5-7,12,15H,1-4,8-11,17H2,(H,18,19). The molecule has 0 saturated heterocycles. The zero-order valence-corrected chi connectivity index (χ0v) is 11.5. The first-order valence-corrected chi connectivity index (χ1v) is 7.39. The van der Waals surface area contributed by atoms with Gasteiger partial charge >= 0.3 is 0 Å². The molecule has 2 rings (SSSR count). The molecule has 0 spiro atoms. The van der Waals surface area contributed by atoms with E-state index in [1.165, 1.54) is 25.7 Å². The lowest BCUT2D eigenvalue weighted by molar-refractivity contribution is 0.0933. The summed E-state index contributed by atoms with van der Waals surface area (Å²) in [5, 5.41) is 3.17. The van der Waals surface area contributed by atoms with Crippen LogP contribution in [0.1, 0.15) is 54.4 Å². The Balaban J connectivity index is 1.96. The van der Waals surface area contributed by atoms with Crippen molar-refractivity contribution in [2.24, 2.45) is 5.73 Å². The maximum Gasteiger partial charge on any atom is 0.251 e. The number of nitrogens with two attached hydrogens (primary N) is 1. The molecular formula is C16H24N2O. The van der Waals surface area contributed by atoms with Crippen molar-refractivity contribution in [3.8, 4) is 0 Å². The van der Waals surface area contributed by atoms with Crippen molar-refractivity contribution in [3.63, 3.8) is 0 Å². The number of carbonyl (C=O) groups is 1. The van der Waals surface area contributed by atoms with Crippen molar-refractivity contribution in [1.82, 2.24) is 5.32 Å². The summed E-state index contributed by atoms with van der Waals surface area (Å²) in [6.07, 6.45) is 8.14. The topological polar surface area (TPSA) is 55.1 Å². The van der Waals surface area contributed by atoms with Crippen LogP contribution in [0.3, 0.4) is 0 Å². The maximum atomic E-state index is 12.2. The van der Waals surface area contributed by atoms with Crippen LogP contribution in [0.5, 0.6) is 0 Å². The second-order valence-electron chi connectivity index (χ2n) is 5.40. The SMILES string of the molecule is NCCc1cccc(C(=O)NC2CCCCCC2)c1. The molecule has 1 fully saturated rings. The highest BCUT2D eigenvalue weighted by Gasteiger charge is 2.15. The molecule has 1 amide bonds. The molecule has 3 N–H and O–H groups in total. The molecule has 1 aromatic rings. The normalized spacial score (nSPS) is 16.9. The minimum absolute atomic E-state index is 0.0609. The third kappa shape index (κ3) is 4.35. The van der Waals surface area contributed by atoms with Crippen molar-refractivity contribution >= 4 is 5.91 Å². The summed E-state index contributed by atoms with van der Waals surface area (Å²) in [5.74, 6) is 0.0609. The van der Waals surface area contributed by atoms with E-state index in [1.54, 1.807) is 0 Å². The highest BCUT2D eigenvalue weighted by Crippen LogP contribution is 2.17. The summed E-state index contributed by atoms with van der Waals surface area (Å²) < 4.78 is 0. The molecule has 1 saturated carbocycles. The van der Waals surface area contributed by atoms with E-state index in [2.05, 4.69) is 5.32 Å². The fourth-order valence-corrected chi connectivity index (χ4v) is 2.73. The Kier molecular flexibility index (Phi) is 5.40. The van der Waals surface area contributed by atoms with Gasteiger partial charge in [-0.15, -0.1) is 0 Å². The third-order valence-electron chi connectivity index (χ3n) is 3.81. The third-order valence-corrected chi connectivity index (χ3v) is 3.81. The number of nitrogens with one attached hydrogen (secondary N) is 1. The van der Waals surface area contributed by atoms with E-state index >= 15 is 0 Å². The van der Waals surface area contributed by atoms with Crippen molar-refractivity contribution < 1.29 is 4.79 Å². The van der Waals surface area contributed by atoms with Crippen molar-refractivity contribution in [1.29, 1.82) is 0 Å². The van der Waals surface area contributed by atoms with Gasteiger partial charge in [-0.25, -0.2) is 0 Å². The van der Waals surface area contributed by atoms with Gasteiger partial charge in [-0.2, -0.15) is 0 Å². The van der Waals surface area contributed by atoms with Crippen molar-refractivity contribution in [2.75, 3.05) is 6.54 Å². The van der Waals surface area contributed by atoms with Gasteiger partial charge in [0.15, 0.2) is 0 Å². The molecule has 0 unspecified atom stereocenters. The van der Waals surface area contributed by atoms with Gasteiger partial charge in [0, 0.05) is 11.6 Å². The van der Waals surface area contributed by atoms with Gasteiger partial charge in [-0.1, -0.05) is 37.8 Å². The van der Waals surface area contributed by atoms with Gasteiger partial charge in [-0.3, -0.25) is 4.79 Å². The van der Waals surface area contributed by atoms with Gasteiger partial charge in [-0.05, 0) is 43.5 Å². The minimum Gasteiger partial charge on any atom is -0.349 e. The molecule has 0 radical (unpaired) electrons. The van der Waals surface area contributed by atoms with E-state index < -0.39 is 0 Å². The summed E-state index contributed by atoms with van der Waals surface area (Å²) in [6.45, 7) is 0.619. The second-order valence-corrected chi connectivity index (χ2v) is 5.40. The smallest absolute Gasteiger partial charge is 0.251 e. The van der Waals surface area contributed by atoms with Gasteiger partial charge in [0.25, 0.3) is 5.91 Å². The average molecular weight is 260 g/mol. The molecule has 0 atom stereocenters. The average Bonchev–Trinajstić information content (AvgIpc) is 2.68. The van der Waals surface area contributed by atoms with E-state index in [0.29, 0.717) is 12.6 Å². The Morgan fingerprint density at radius 3 is 2.63 bits per heavy atom. The largest absolute Gasteiger partial charge is 0.349 e. The Bertz CT molecular complexity index is 409. The van der Waals surface area contributed by atoms with Crippen LogP contribution in [0, 0.1) is 0 Å². The Hall–Kier alpha value is -1.35. The lowest BCUT2D eigenvalue weighted by Crippen LogP contribution is -2.34. The summed E-state index contributed by atoms with van der Waals surface area (Å²) in [6, 6.07) is 8.15. The van der Waals surface area contributed by atoms with E-state index in [4.69, 9.17) is 5.73 Å². The predicted octanol–water partition coefficient (Wildman–Crippen LogP) is 2.64. The van der Waals surface area contributed by atoms with Crippen molar-refractivity contribution in [2.45, 2.75) is 51.0 Å². The van der Waals surface area contributed by atoms with Crippen LogP contribution in [0.25, 0.3) is 0 Å². The quantitative estimate of drug-likeness (QED) is 0.818. The van der Waals surface area contributed by atoms with Gasteiger partial charge < -0.3 is 11.1 Å². The molecular weight excluding hydrogens is 236 g/mol. The molecule has 1 aliphatic carbocycles. The summed E-state index contributed by atoms with van der Waals surface area (Å²) >= 11 is 0. The van der Waals surface area contributed by atoms with Crippen LogP contribution in [0.2, 0.25) is 0 Å². The minimum atomic E-state index is 0.0609. The van der Waals surface area contributed by atoms with Crippen LogP contribution >= 0.6 is 0 Å². The zero-order chi connectivity index (χ0) is 13.5. The maximum absolute atomic E-state index is 12.2. The number of benzene rings is 1. The Morgan fingerprint density at radius 1 is 1.21 bits per heavy atom. The Labute approximate surface area is 115 Å². The first-order valence-electron chi connectivity index (χ1n) is 7.39. The number of hydrogen-bond donors (Lipinski definition) is 2. The van der Waals surface area contributed by atoms with Crippen LogP contribution in [0.15, 0.2) is 24.3 Å². The van der Waals surface area contributed by atoms with E-state index in [1.807, 2.05) is 24.3 Å². The number of rotatable bonds is 4. The molecule has 0 bridgehead atoms. The van der Waals surface area contributed by atoms with Crippen molar-refractivity contribution in [3.05, 3.63) is 35.4 Å². The fourth-order valence-electron chi connectivity index (χ4n) is 2.73. The summed E-state index contributed by atoms with van der Waals surface area (Å²) in [4.78, 5) is 12.2. The second kappa shape index (κ2) is 7.29. The molecule has 0 aromatic heterocycles. The molecule has 19 heavy (non-hydrogen) atoms. The summed E-state index contributed by atoms with van der Waals surface area (Å²) in [7, 11) is 0. The van der Waals surface area contributed by atoms with Gasteiger partial charge in [0.2, 0.25) is 0 Å². The summed E-state index contributed by atoms with van der Waals surface area (Å²) in [5.41, 5.74) is 7.45. The van der Waals surface area contributed by atoms with Crippen LogP contribution in [0.4, 0.5) is 0 Å². The molecule has 104 valence electrons. The van der Waals surface area contributed by atoms with E-state index in [-0.39, 0.29) is 5.91 Å². The molecule has 3 heteroatoms. The lowest BCUT2D eigenvalue weighted by atomic mass is 10.1. The molecule has 0 heterocycles. The van der Waals surface area contributed by atoms with Crippen LogP contribution < -0.4 is 11.1 Å². The predicted molar refractivity (Wildman–Crippen MR) is 78.2 cm³/mol.